The molecule has 2 aromatic rings. The second-order valence-corrected chi connectivity index (χ2v) is 3.99. The third kappa shape index (κ3) is 4.12. The summed E-state index contributed by atoms with van der Waals surface area (Å²) < 4.78 is 10.4. The predicted octanol–water partition coefficient (Wildman–Crippen LogP) is 2.39. The van der Waals surface area contributed by atoms with Gasteiger partial charge in [0.2, 0.25) is 0 Å². The van der Waals surface area contributed by atoms with Gasteiger partial charge in [0.15, 0.2) is 5.75 Å². The normalized spacial score (nSPS) is 10.1. The highest BCUT2D eigenvalue weighted by molar-refractivity contribution is 5.75. The smallest absolute Gasteiger partial charge is 0.337 e. The molecule has 0 aliphatic heterocycles. The highest BCUT2D eigenvalue weighted by Crippen LogP contribution is 2.19. The van der Waals surface area contributed by atoms with E-state index in [9.17, 15) is 4.79 Å². The minimum absolute atomic E-state index is 0.108. The van der Waals surface area contributed by atoms with Crippen molar-refractivity contribution in [1.29, 1.82) is 0 Å². The van der Waals surface area contributed by atoms with Gasteiger partial charge in [-0.05, 0) is 17.7 Å². The molecule has 0 aliphatic rings. The Morgan fingerprint density at radius 1 is 1.00 bits per heavy atom. The monoisotopic (exact) mass is 257 g/mol. The van der Waals surface area contributed by atoms with E-state index in [-0.39, 0.29) is 6.61 Å². The van der Waals surface area contributed by atoms with Crippen LogP contribution in [0.1, 0.15) is 5.56 Å². The summed E-state index contributed by atoms with van der Waals surface area (Å²) in [5, 5.41) is 0. The maximum atomic E-state index is 11.6. The third-order valence-corrected chi connectivity index (χ3v) is 2.47. The van der Waals surface area contributed by atoms with Crippen LogP contribution >= 0.6 is 0 Å². The lowest BCUT2D eigenvalue weighted by Crippen LogP contribution is -2.16. The number of ether oxygens (including phenoxy) is 2. The first-order chi connectivity index (χ1) is 9.25. The van der Waals surface area contributed by atoms with Gasteiger partial charge in [-0.3, -0.25) is 0 Å². The molecule has 19 heavy (non-hydrogen) atoms. The standard InChI is InChI=1S/C15H15NO3/c16-13-8-4-5-9-14(13)19-15(17)11-18-10-12-6-2-1-3-7-12/h1-9H,10-11,16H2. The van der Waals surface area contributed by atoms with Gasteiger partial charge in [0.1, 0.15) is 6.61 Å². The molecular formula is C15H15NO3. The van der Waals surface area contributed by atoms with E-state index >= 15 is 0 Å². The maximum Gasteiger partial charge on any atom is 0.337 e. The number of nitrogens with two attached hydrogens (primary N) is 1. The molecule has 0 saturated carbocycles. The summed E-state index contributed by atoms with van der Waals surface area (Å²) >= 11 is 0. The number of benzene rings is 2. The van der Waals surface area contributed by atoms with E-state index in [0.29, 0.717) is 18.0 Å². The van der Waals surface area contributed by atoms with Crippen LogP contribution in [0.25, 0.3) is 0 Å². The van der Waals surface area contributed by atoms with E-state index in [0.717, 1.165) is 5.56 Å². The van der Waals surface area contributed by atoms with Crippen molar-refractivity contribution in [3.05, 3.63) is 60.2 Å². The Morgan fingerprint density at radius 3 is 2.42 bits per heavy atom. The van der Waals surface area contributed by atoms with Gasteiger partial charge < -0.3 is 15.2 Å². The van der Waals surface area contributed by atoms with Crippen molar-refractivity contribution in [2.75, 3.05) is 12.3 Å². The van der Waals surface area contributed by atoms with Crippen molar-refractivity contribution in [3.63, 3.8) is 0 Å². The van der Waals surface area contributed by atoms with Gasteiger partial charge in [0.25, 0.3) is 0 Å². The van der Waals surface area contributed by atoms with Crippen LogP contribution in [0, 0.1) is 0 Å². The quantitative estimate of drug-likeness (QED) is 0.507. The lowest BCUT2D eigenvalue weighted by Gasteiger charge is -2.07. The van der Waals surface area contributed by atoms with Crippen LogP contribution in [-0.4, -0.2) is 12.6 Å². The zero-order valence-corrected chi connectivity index (χ0v) is 10.4. The number of rotatable bonds is 5. The second kappa shape index (κ2) is 6.56. The second-order valence-electron chi connectivity index (χ2n) is 3.99. The molecule has 4 heteroatoms. The van der Waals surface area contributed by atoms with Gasteiger partial charge in [0.05, 0.1) is 12.3 Å². The van der Waals surface area contributed by atoms with Gasteiger partial charge in [0, 0.05) is 0 Å². The maximum absolute atomic E-state index is 11.6. The minimum Gasteiger partial charge on any atom is -0.423 e. The van der Waals surface area contributed by atoms with Crippen LogP contribution in [0.2, 0.25) is 0 Å². The Labute approximate surface area is 111 Å². The fourth-order valence-electron chi connectivity index (χ4n) is 1.55. The summed E-state index contributed by atoms with van der Waals surface area (Å²) in [4.78, 5) is 11.6. The Balaban J connectivity index is 1.78. The molecule has 2 aromatic carbocycles. The SMILES string of the molecule is Nc1ccccc1OC(=O)COCc1ccccc1. The lowest BCUT2D eigenvalue weighted by atomic mass is 10.2. The number of hydrogen-bond acceptors (Lipinski definition) is 4. The summed E-state index contributed by atoms with van der Waals surface area (Å²) in [6.45, 7) is 0.267. The van der Waals surface area contributed by atoms with Gasteiger partial charge in [-0.15, -0.1) is 0 Å². The van der Waals surface area contributed by atoms with Crippen LogP contribution in [0.3, 0.4) is 0 Å². The lowest BCUT2D eigenvalue weighted by molar-refractivity contribution is -0.139. The van der Waals surface area contributed by atoms with Crippen LogP contribution in [-0.2, 0) is 16.1 Å². The average molecular weight is 257 g/mol. The Kier molecular flexibility index (Phi) is 4.53. The number of para-hydroxylation sites is 2. The first kappa shape index (κ1) is 13.1. The largest absolute Gasteiger partial charge is 0.423 e. The number of carbonyl (C=O) groups is 1. The van der Waals surface area contributed by atoms with Crippen molar-refractivity contribution < 1.29 is 14.3 Å². The van der Waals surface area contributed by atoms with Crippen LogP contribution in [0.5, 0.6) is 5.75 Å². The van der Waals surface area contributed by atoms with E-state index in [1.807, 2.05) is 30.3 Å². The summed E-state index contributed by atoms with van der Waals surface area (Å²) in [5.74, 6) is -0.107. The molecule has 0 aliphatic carbocycles. The fraction of sp³-hybridized carbons (Fsp3) is 0.133. The third-order valence-electron chi connectivity index (χ3n) is 2.47. The molecule has 0 radical (unpaired) electrons. The number of nitrogen functional groups attached to an aromatic ring is 1. The topological polar surface area (TPSA) is 61.5 Å². The molecule has 2 rings (SSSR count). The van der Waals surface area contributed by atoms with Crippen molar-refractivity contribution >= 4 is 11.7 Å². The van der Waals surface area contributed by atoms with Crippen LogP contribution in [0.4, 0.5) is 5.69 Å². The molecule has 4 nitrogen and oxygen atoms in total. The number of carbonyl (C=O) groups excluding carboxylic acids is 1. The molecule has 0 spiro atoms. The zero-order chi connectivity index (χ0) is 13.5. The van der Waals surface area contributed by atoms with Gasteiger partial charge >= 0.3 is 5.97 Å². The molecule has 2 N–H and O–H groups in total. The van der Waals surface area contributed by atoms with Gasteiger partial charge in [-0.25, -0.2) is 4.79 Å². The van der Waals surface area contributed by atoms with Crippen molar-refractivity contribution in [1.82, 2.24) is 0 Å². The van der Waals surface area contributed by atoms with E-state index in [4.69, 9.17) is 15.2 Å². The zero-order valence-electron chi connectivity index (χ0n) is 10.4. The van der Waals surface area contributed by atoms with Crippen LogP contribution in [0.15, 0.2) is 54.6 Å². The summed E-state index contributed by atoms with van der Waals surface area (Å²) in [6.07, 6.45) is 0. The fourth-order valence-corrected chi connectivity index (χ4v) is 1.55. The van der Waals surface area contributed by atoms with Crippen molar-refractivity contribution in [3.8, 4) is 5.75 Å². The Bertz CT molecular complexity index is 540. The summed E-state index contributed by atoms with van der Waals surface area (Å²) in [5.41, 5.74) is 7.11. The molecule has 0 fully saturated rings. The predicted molar refractivity (Wildman–Crippen MR) is 72.6 cm³/mol. The molecule has 0 unspecified atom stereocenters. The number of hydrogen-bond donors (Lipinski definition) is 1. The summed E-state index contributed by atoms with van der Waals surface area (Å²) in [6, 6.07) is 16.5. The highest BCUT2D eigenvalue weighted by Gasteiger charge is 2.07. The van der Waals surface area contributed by atoms with E-state index in [2.05, 4.69) is 0 Å². The number of anilines is 1. The Hall–Kier alpha value is -2.33. The highest BCUT2D eigenvalue weighted by atomic mass is 16.6. The first-order valence-electron chi connectivity index (χ1n) is 5.92. The molecule has 98 valence electrons. The molecule has 0 aromatic heterocycles. The van der Waals surface area contributed by atoms with E-state index in [1.165, 1.54) is 0 Å². The van der Waals surface area contributed by atoms with E-state index in [1.54, 1.807) is 24.3 Å². The molecule has 0 heterocycles. The van der Waals surface area contributed by atoms with Gasteiger partial charge in [-0.1, -0.05) is 42.5 Å². The van der Waals surface area contributed by atoms with E-state index < -0.39 is 5.97 Å². The van der Waals surface area contributed by atoms with Crippen LogP contribution < -0.4 is 10.5 Å². The molecular weight excluding hydrogens is 242 g/mol. The average Bonchev–Trinajstić information content (AvgIpc) is 2.43. The molecule has 0 saturated heterocycles. The molecule has 0 bridgehead atoms. The number of esters is 1. The van der Waals surface area contributed by atoms with Crippen molar-refractivity contribution in [2.45, 2.75) is 6.61 Å². The summed E-state index contributed by atoms with van der Waals surface area (Å²) in [7, 11) is 0. The first-order valence-corrected chi connectivity index (χ1v) is 5.92. The molecule has 0 atom stereocenters. The van der Waals surface area contributed by atoms with Crippen molar-refractivity contribution in [2.24, 2.45) is 0 Å². The Morgan fingerprint density at radius 2 is 1.68 bits per heavy atom. The molecule has 0 amide bonds. The minimum atomic E-state index is -0.464. The van der Waals surface area contributed by atoms with Gasteiger partial charge in [-0.2, -0.15) is 0 Å².